The summed E-state index contributed by atoms with van der Waals surface area (Å²) in [7, 11) is 0. The maximum absolute atomic E-state index is 2.32. The molecule has 0 N–H and O–H groups in total. The molecule has 0 unspecified atom stereocenters. The van der Waals surface area contributed by atoms with Gasteiger partial charge in [-0.2, -0.15) is 3.71 Å². The van der Waals surface area contributed by atoms with Gasteiger partial charge in [-0.05, 0) is 41.1 Å². The molecule has 0 radical (unpaired) electrons. The molecule has 1 aliphatic heterocycles. The van der Waals surface area contributed by atoms with Gasteiger partial charge < -0.3 is 0 Å². The third-order valence-electron chi connectivity index (χ3n) is 1.36. The molecule has 0 fully saturated rings. The van der Waals surface area contributed by atoms with Gasteiger partial charge in [0.25, 0.3) is 0 Å². The van der Waals surface area contributed by atoms with Crippen molar-refractivity contribution in [3.05, 3.63) is 10.8 Å². The van der Waals surface area contributed by atoms with Crippen molar-refractivity contribution in [1.82, 2.24) is 3.71 Å². The van der Waals surface area contributed by atoms with Crippen molar-refractivity contribution in [2.45, 2.75) is 26.2 Å². The fraction of sp³-hybridized carbons (Fsp3) is 0.714. The van der Waals surface area contributed by atoms with Crippen LogP contribution in [0, 0.1) is 0 Å². The van der Waals surface area contributed by atoms with E-state index in [2.05, 4.69) is 21.5 Å². The lowest BCUT2D eigenvalue weighted by Gasteiger charge is -2.09. The summed E-state index contributed by atoms with van der Waals surface area (Å²) >= 11 is 3.62. The Hall–Kier alpha value is 0.400. The molecular weight excluding hydrogens is 162 g/mol. The molecule has 3 heteroatoms. The van der Waals surface area contributed by atoms with Crippen molar-refractivity contribution in [3.63, 3.8) is 0 Å². The van der Waals surface area contributed by atoms with Gasteiger partial charge >= 0.3 is 0 Å². The van der Waals surface area contributed by atoms with Gasteiger partial charge in [-0.3, -0.25) is 0 Å². The highest BCUT2D eigenvalue weighted by Crippen LogP contribution is 2.31. The number of hydrogen-bond donors (Lipinski definition) is 0. The van der Waals surface area contributed by atoms with Crippen LogP contribution in [0.4, 0.5) is 0 Å². The molecule has 58 valence electrons. The van der Waals surface area contributed by atoms with Gasteiger partial charge in [-0.15, -0.1) is 0 Å². The molecule has 0 saturated carbocycles. The Bertz CT molecular complexity index is 106. The molecule has 0 bridgehead atoms. The molecule has 0 aromatic rings. The molecule has 10 heavy (non-hydrogen) atoms. The Labute approximate surface area is 71.5 Å². The minimum Gasteiger partial charge on any atom is -0.187 e. The Morgan fingerprint density at radius 1 is 1.20 bits per heavy atom. The highest BCUT2D eigenvalue weighted by molar-refractivity contribution is 8.17. The third-order valence-corrected chi connectivity index (χ3v) is 3.40. The van der Waals surface area contributed by atoms with Crippen LogP contribution >= 0.6 is 23.9 Å². The minimum absolute atomic E-state index is 1.22. The lowest BCUT2D eigenvalue weighted by molar-refractivity contribution is 0.633. The molecule has 0 spiro atoms. The maximum Gasteiger partial charge on any atom is 0.0209 e. The summed E-state index contributed by atoms with van der Waals surface area (Å²) in [5.74, 6) is 0. The first-order chi connectivity index (χ1) is 4.93. The van der Waals surface area contributed by atoms with E-state index >= 15 is 0 Å². The van der Waals surface area contributed by atoms with Gasteiger partial charge in [0.2, 0.25) is 0 Å². The van der Waals surface area contributed by atoms with E-state index in [1.165, 1.54) is 25.8 Å². The SMILES string of the molecule is CCCCCN1SC=CS1. The van der Waals surface area contributed by atoms with Crippen LogP contribution in [-0.2, 0) is 0 Å². The molecule has 0 aromatic carbocycles. The highest BCUT2D eigenvalue weighted by Gasteiger charge is 2.06. The van der Waals surface area contributed by atoms with Crippen LogP contribution in [0.3, 0.4) is 0 Å². The second-order valence-electron chi connectivity index (χ2n) is 2.25. The van der Waals surface area contributed by atoms with Gasteiger partial charge in [0, 0.05) is 6.54 Å². The van der Waals surface area contributed by atoms with Crippen molar-refractivity contribution in [2.75, 3.05) is 6.54 Å². The monoisotopic (exact) mass is 175 g/mol. The first-order valence-corrected chi connectivity index (χ1v) is 5.37. The van der Waals surface area contributed by atoms with Crippen LogP contribution in [-0.4, -0.2) is 10.3 Å². The van der Waals surface area contributed by atoms with Crippen molar-refractivity contribution in [3.8, 4) is 0 Å². The summed E-state index contributed by atoms with van der Waals surface area (Å²) in [4.78, 5) is 0. The van der Waals surface area contributed by atoms with E-state index in [1.54, 1.807) is 0 Å². The van der Waals surface area contributed by atoms with E-state index in [4.69, 9.17) is 0 Å². The summed E-state index contributed by atoms with van der Waals surface area (Å²) in [6, 6.07) is 0. The predicted molar refractivity (Wildman–Crippen MR) is 50.6 cm³/mol. The normalized spacial score (nSPS) is 18.5. The molecule has 1 heterocycles. The largest absolute Gasteiger partial charge is 0.187 e. The second-order valence-corrected chi connectivity index (χ2v) is 4.33. The summed E-state index contributed by atoms with van der Waals surface area (Å²) in [5.41, 5.74) is 0. The Kier molecular flexibility index (Phi) is 4.34. The van der Waals surface area contributed by atoms with Crippen LogP contribution in [0.15, 0.2) is 10.8 Å². The number of nitrogens with zero attached hydrogens (tertiary/aromatic N) is 1. The average molecular weight is 175 g/mol. The molecule has 0 aliphatic carbocycles. The van der Waals surface area contributed by atoms with Crippen LogP contribution in [0.25, 0.3) is 0 Å². The summed E-state index contributed by atoms with van der Waals surface area (Å²) in [6.07, 6.45) is 4.01. The maximum atomic E-state index is 2.32. The van der Waals surface area contributed by atoms with E-state index in [9.17, 15) is 0 Å². The van der Waals surface area contributed by atoms with E-state index in [0.717, 1.165) is 0 Å². The standard InChI is InChI=1S/C7H13NS2/c1-2-3-4-5-8-9-6-7-10-8/h6-7H,2-5H2,1H3. The summed E-state index contributed by atoms with van der Waals surface area (Å²) in [5, 5.41) is 4.27. The van der Waals surface area contributed by atoms with Crippen LogP contribution in [0.2, 0.25) is 0 Å². The van der Waals surface area contributed by atoms with E-state index in [-0.39, 0.29) is 0 Å². The highest BCUT2D eigenvalue weighted by atomic mass is 32.2. The Morgan fingerprint density at radius 3 is 2.50 bits per heavy atom. The number of unbranched alkanes of at least 4 members (excludes halogenated alkanes) is 2. The molecule has 0 amide bonds. The van der Waals surface area contributed by atoms with E-state index in [1.807, 2.05) is 23.9 Å². The summed E-state index contributed by atoms with van der Waals surface area (Å²) in [6.45, 7) is 3.46. The lowest BCUT2D eigenvalue weighted by Crippen LogP contribution is -2.03. The first-order valence-electron chi connectivity index (χ1n) is 3.69. The lowest BCUT2D eigenvalue weighted by atomic mass is 10.3. The van der Waals surface area contributed by atoms with Crippen LogP contribution in [0.1, 0.15) is 26.2 Å². The Morgan fingerprint density at radius 2 is 1.90 bits per heavy atom. The fourth-order valence-electron chi connectivity index (χ4n) is 0.807. The first kappa shape index (κ1) is 8.50. The zero-order valence-electron chi connectivity index (χ0n) is 6.25. The minimum atomic E-state index is 1.22. The molecule has 1 rings (SSSR count). The summed E-state index contributed by atoms with van der Waals surface area (Å²) < 4.78 is 2.32. The zero-order valence-corrected chi connectivity index (χ0v) is 7.88. The van der Waals surface area contributed by atoms with Gasteiger partial charge in [0.15, 0.2) is 0 Å². The third kappa shape index (κ3) is 2.99. The smallest absolute Gasteiger partial charge is 0.0209 e. The molecular formula is C7H13NS2. The number of hydrogen-bond acceptors (Lipinski definition) is 3. The zero-order chi connectivity index (χ0) is 7.23. The van der Waals surface area contributed by atoms with Crippen molar-refractivity contribution in [1.29, 1.82) is 0 Å². The molecule has 1 aliphatic rings. The fourth-order valence-corrected chi connectivity index (χ4v) is 2.44. The topological polar surface area (TPSA) is 3.24 Å². The second kappa shape index (κ2) is 5.10. The number of rotatable bonds is 4. The van der Waals surface area contributed by atoms with E-state index < -0.39 is 0 Å². The van der Waals surface area contributed by atoms with Crippen LogP contribution < -0.4 is 0 Å². The van der Waals surface area contributed by atoms with Gasteiger partial charge in [0.1, 0.15) is 0 Å². The van der Waals surface area contributed by atoms with Crippen molar-refractivity contribution in [2.24, 2.45) is 0 Å². The van der Waals surface area contributed by atoms with E-state index in [0.29, 0.717) is 0 Å². The van der Waals surface area contributed by atoms with Gasteiger partial charge in [-0.25, -0.2) is 0 Å². The molecule has 0 saturated heterocycles. The van der Waals surface area contributed by atoms with Crippen molar-refractivity contribution >= 4 is 23.9 Å². The molecule has 0 aromatic heterocycles. The van der Waals surface area contributed by atoms with Crippen LogP contribution in [0.5, 0.6) is 0 Å². The quantitative estimate of drug-likeness (QED) is 0.477. The Balaban J connectivity index is 1.93. The van der Waals surface area contributed by atoms with Crippen molar-refractivity contribution < 1.29 is 0 Å². The average Bonchev–Trinajstić information content (AvgIpc) is 2.41. The predicted octanol–water partition coefficient (Wildman–Crippen LogP) is 3.26. The van der Waals surface area contributed by atoms with Gasteiger partial charge in [0.05, 0.1) is 0 Å². The molecule has 0 atom stereocenters. The molecule has 1 nitrogen and oxygen atoms in total. The van der Waals surface area contributed by atoms with Gasteiger partial charge in [-0.1, -0.05) is 19.8 Å².